The number of likely N-dealkylation sites (N-methyl/N-ethyl adjacent to an activating group) is 1. The zero-order valence-electron chi connectivity index (χ0n) is 13.9. The Balaban J connectivity index is 2.21. The summed E-state index contributed by atoms with van der Waals surface area (Å²) in [5.74, 6) is 1.75. The number of hydrogen-bond acceptors (Lipinski definition) is 4. The lowest BCUT2D eigenvalue weighted by Gasteiger charge is -2.45. The second-order valence-electron chi connectivity index (χ2n) is 6.31. The van der Waals surface area contributed by atoms with Crippen molar-refractivity contribution in [2.75, 3.05) is 13.2 Å². The van der Waals surface area contributed by atoms with E-state index in [2.05, 4.69) is 36.2 Å². The molecule has 0 amide bonds. The molecule has 0 spiro atoms. The van der Waals surface area contributed by atoms with Crippen LogP contribution >= 0.6 is 0 Å². The number of hydrogen-bond donors (Lipinski definition) is 1. The van der Waals surface area contributed by atoms with Crippen LogP contribution in [0.5, 0.6) is 0 Å². The van der Waals surface area contributed by atoms with Crippen molar-refractivity contribution in [3.05, 3.63) is 12.2 Å². The molecule has 5 heteroatoms. The molecule has 120 valence electrons. The molecule has 1 N–H and O–H groups in total. The van der Waals surface area contributed by atoms with Crippen molar-refractivity contribution in [2.45, 2.75) is 64.5 Å². The summed E-state index contributed by atoms with van der Waals surface area (Å²) < 4.78 is 8.20. The molecular formula is C16H30N4O. The van der Waals surface area contributed by atoms with Gasteiger partial charge >= 0.3 is 0 Å². The Kier molecular flexibility index (Phi) is 5.76. The van der Waals surface area contributed by atoms with E-state index in [9.17, 15) is 0 Å². The monoisotopic (exact) mass is 294 g/mol. The molecule has 0 saturated heterocycles. The van der Waals surface area contributed by atoms with Crippen molar-refractivity contribution >= 4 is 0 Å². The van der Waals surface area contributed by atoms with Crippen LogP contribution in [0.2, 0.25) is 0 Å². The second kappa shape index (κ2) is 7.36. The summed E-state index contributed by atoms with van der Waals surface area (Å²) in [5.41, 5.74) is -0.0611. The van der Waals surface area contributed by atoms with Crippen molar-refractivity contribution in [3.63, 3.8) is 0 Å². The molecule has 3 atom stereocenters. The third-order valence-electron chi connectivity index (χ3n) is 4.70. The first-order valence-corrected chi connectivity index (χ1v) is 8.31. The van der Waals surface area contributed by atoms with Crippen molar-refractivity contribution < 1.29 is 4.74 Å². The van der Waals surface area contributed by atoms with Crippen molar-refractivity contribution in [1.82, 2.24) is 20.1 Å². The van der Waals surface area contributed by atoms with Gasteiger partial charge in [0.05, 0.1) is 5.60 Å². The lowest BCUT2D eigenvalue weighted by molar-refractivity contribution is -0.100. The molecule has 1 aromatic heterocycles. The summed E-state index contributed by atoms with van der Waals surface area (Å²) in [6, 6.07) is 0.299. The zero-order chi connectivity index (χ0) is 15.3. The van der Waals surface area contributed by atoms with E-state index in [1.54, 1.807) is 6.33 Å². The SMILES string of the molecule is CCNC(Cc1ncnn1C)C1(OCC)CCCC(C)C1. The minimum atomic E-state index is -0.0611. The third kappa shape index (κ3) is 3.83. The Hall–Kier alpha value is -0.940. The molecule has 0 aromatic carbocycles. The Morgan fingerprint density at radius 2 is 2.33 bits per heavy atom. The fraction of sp³-hybridized carbons (Fsp3) is 0.875. The lowest BCUT2D eigenvalue weighted by Crippen LogP contribution is -2.56. The molecule has 0 bridgehead atoms. The van der Waals surface area contributed by atoms with Gasteiger partial charge < -0.3 is 10.1 Å². The van der Waals surface area contributed by atoms with Gasteiger partial charge in [0.25, 0.3) is 0 Å². The molecule has 5 nitrogen and oxygen atoms in total. The first-order valence-electron chi connectivity index (χ1n) is 8.31. The Morgan fingerprint density at radius 1 is 1.52 bits per heavy atom. The number of rotatable bonds is 7. The van der Waals surface area contributed by atoms with E-state index in [4.69, 9.17) is 4.74 Å². The molecule has 3 unspecified atom stereocenters. The van der Waals surface area contributed by atoms with Gasteiger partial charge in [-0.25, -0.2) is 4.98 Å². The zero-order valence-corrected chi connectivity index (χ0v) is 13.9. The van der Waals surface area contributed by atoms with Gasteiger partial charge in [0.2, 0.25) is 0 Å². The van der Waals surface area contributed by atoms with Gasteiger partial charge in [0.1, 0.15) is 12.2 Å². The van der Waals surface area contributed by atoms with Crippen LogP contribution in [0.1, 0.15) is 52.3 Å². The lowest BCUT2D eigenvalue weighted by atomic mass is 9.73. The van der Waals surface area contributed by atoms with Crippen LogP contribution < -0.4 is 5.32 Å². The van der Waals surface area contributed by atoms with Gasteiger partial charge in [-0.2, -0.15) is 5.10 Å². The average Bonchev–Trinajstić information content (AvgIpc) is 2.84. The van der Waals surface area contributed by atoms with Crippen molar-refractivity contribution in [3.8, 4) is 0 Å². The van der Waals surface area contributed by atoms with Crippen LogP contribution in [0.4, 0.5) is 0 Å². The Labute approximate surface area is 128 Å². The fourth-order valence-electron chi connectivity index (χ4n) is 3.76. The number of nitrogens with one attached hydrogen (secondary N) is 1. The summed E-state index contributed by atoms with van der Waals surface area (Å²) in [7, 11) is 1.96. The van der Waals surface area contributed by atoms with Crippen LogP contribution in [0.15, 0.2) is 6.33 Å². The second-order valence-corrected chi connectivity index (χ2v) is 6.31. The molecule has 2 rings (SSSR count). The minimum absolute atomic E-state index is 0.0611. The van der Waals surface area contributed by atoms with E-state index >= 15 is 0 Å². The highest BCUT2D eigenvalue weighted by molar-refractivity contribution is 5.02. The third-order valence-corrected chi connectivity index (χ3v) is 4.70. The minimum Gasteiger partial charge on any atom is -0.374 e. The standard InChI is InChI=1S/C16H30N4O/c1-5-17-14(10-15-18-12-19-20(15)4)16(21-6-2)9-7-8-13(3)11-16/h12-14,17H,5-11H2,1-4H3. The topological polar surface area (TPSA) is 52.0 Å². The van der Waals surface area contributed by atoms with E-state index in [1.165, 1.54) is 12.8 Å². The highest BCUT2D eigenvalue weighted by Crippen LogP contribution is 2.38. The highest BCUT2D eigenvalue weighted by Gasteiger charge is 2.42. The largest absolute Gasteiger partial charge is 0.374 e. The van der Waals surface area contributed by atoms with E-state index < -0.39 is 0 Å². The first-order chi connectivity index (χ1) is 10.1. The molecule has 0 aliphatic heterocycles. The Bertz CT molecular complexity index is 430. The van der Waals surface area contributed by atoms with E-state index in [0.717, 1.165) is 44.2 Å². The quantitative estimate of drug-likeness (QED) is 0.838. The van der Waals surface area contributed by atoms with E-state index in [1.807, 2.05) is 11.7 Å². The summed E-state index contributed by atoms with van der Waals surface area (Å²) in [6.45, 7) is 8.33. The maximum atomic E-state index is 6.32. The van der Waals surface area contributed by atoms with Gasteiger partial charge in [-0.15, -0.1) is 0 Å². The van der Waals surface area contributed by atoms with Crippen LogP contribution in [0, 0.1) is 5.92 Å². The van der Waals surface area contributed by atoms with Gasteiger partial charge in [-0.1, -0.05) is 26.7 Å². The maximum Gasteiger partial charge on any atom is 0.138 e. The molecule has 1 saturated carbocycles. The molecule has 1 heterocycles. The molecule has 0 radical (unpaired) electrons. The van der Waals surface area contributed by atoms with Crippen molar-refractivity contribution in [1.29, 1.82) is 0 Å². The summed E-state index contributed by atoms with van der Waals surface area (Å²) in [5, 5.41) is 7.85. The smallest absolute Gasteiger partial charge is 0.138 e. The molecule has 1 aliphatic carbocycles. The molecular weight excluding hydrogens is 264 g/mol. The van der Waals surface area contributed by atoms with Crippen LogP contribution in [0.3, 0.4) is 0 Å². The average molecular weight is 294 g/mol. The summed E-state index contributed by atoms with van der Waals surface area (Å²) in [6.07, 6.45) is 7.35. The summed E-state index contributed by atoms with van der Waals surface area (Å²) >= 11 is 0. The van der Waals surface area contributed by atoms with Gasteiger partial charge in [0.15, 0.2) is 0 Å². The van der Waals surface area contributed by atoms with E-state index in [-0.39, 0.29) is 5.60 Å². The van der Waals surface area contributed by atoms with Gasteiger partial charge in [-0.05, 0) is 32.2 Å². The molecule has 1 fully saturated rings. The highest BCUT2D eigenvalue weighted by atomic mass is 16.5. The normalized spacial score (nSPS) is 27.7. The number of aromatic nitrogens is 3. The van der Waals surface area contributed by atoms with Gasteiger partial charge in [0, 0.05) is 26.1 Å². The first kappa shape index (κ1) is 16.4. The molecule has 1 aromatic rings. The maximum absolute atomic E-state index is 6.32. The number of nitrogens with zero attached hydrogens (tertiary/aromatic N) is 3. The predicted molar refractivity (Wildman–Crippen MR) is 84.2 cm³/mol. The number of ether oxygens (including phenoxy) is 1. The van der Waals surface area contributed by atoms with Crippen molar-refractivity contribution in [2.24, 2.45) is 13.0 Å². The summed E-state index contributed by atoms with van der Waals surface area (Å²) in [4.78, 5) is 4.40. The Morgan fingerprint density at radius 3 is 2.90 bits per heavy atom. The predicted octanol–water partition coefficient (Wildman–Crippen LogP) is 2.32. The van der Waals surface area contributed by atoms with Crippen LogP contribution in [-0.4, -0.2) is 39.6 Å². The van der Waals surface area contributed by atoms with Crippen LogP contribution in [-0.2, 0) is 18.2 Å². The van der Waals surface area contributed by atoms with Gasteiger partial charge in [-0.3, -0.25) is 4.68 Å². The number of aryl methyl sites for hydroxylation is 1. The molecule has 21 heavy (non-hydrogen) atoms. The fourth-order valence-corrected chi connectivity index (χ4v) is 3.76. The molecule has 1 aliphatic rings. The van der Waals surface area contributed by atoms with Crippen LogP contribution in [0.25, 0.3) is 0 Å². The van der Waals surface area contributed by atoms with E-state index in [0.29, 0.717) is 6.04 Å².